The maximum absolute atomic E-state index is 4.16. The zero-order valence-electron chi connectivity index (χ0n) is 12.3. The maximum Gasteiger partial charge on any atom is 0.146 e. The fourth-order valence-corrected chi connectivity index (χ4v) is 2.90. The largest absolute Gasteiger partial charge is 0.317 e. The van der Waals surface area contributed by atoms with Crippen LogP contribution in [0, 0.1) is 0 Å². The van der Waals surface area contributed by atoms with E-state index in [1.807, 2.05) is 0 Å². The molecule has 1 aliphatic rings. The standard InChI is InChI=1S/C16H22N4/c1-3-20-11-18-19-16(20)10-17-12(2)14-8-7-13-5-4-6-15(13)9-14/h7-9,11-12,17H,3-6,10H2,1-2H3. The molecule has 1 aromatic heterocycles. The van der Waals surface area contributed by atoms with Gasteiger partial charge in [0.1, 0.15) is 12.2 Å². The van der Waals surface area contributed by atoms with Gasteiger partial charge in [-0.05, 0) is 49.8 Å². The normalized spacial score (nSPS) is 15.3. The van der Waals surface area contributed by atoms with Crippen LogP contribution in [-0.2, 0) is 25.9 Å². The van der Waals surface area contributed by atoms with E-state index in [1.54, 1.807) is 6.33 Å². The molecule has 4 heteroatoms. The number of benzene rings is 1. The third-order valence-corrected chi connectivity index (χ3v) is 4.23. The van der Waals surface area contributed by atoms with Crippen molar-refractivity contribution < 1.29 is 0 Å². The molecule has 0 aliphatic heterocycles. The van der Waals surface area contributed by atoms with Gasteiger partial charge in [0.15, 0.2) is 0 Å². The summed E-state index contributed by atoms with van der Waals surface area (Å²) < 4.78 is 2.07. The molecule has 1 heterocycles. The lowest BCUT2D eigenvalue weighted by molar-refractivity contribution is 0.539. The third kappa shape index (κ3) is 2.61. The first-order valence-corrected chi connectivity index (χ1v) is 7.49. The fourth-order valence-electron chi connectivity index (χ4n) is 2.90. The SMILES string of the molecule is CCn1cnnc1CNC(C)c1ccc2c(c1)CCC2. The summed E-state index contributed by atoms with van der Waals surface area (Å²) in [4.78, 5) is 0. The zero-order chi connectivity index (χ0) is 13.9. The average Bonchev–Trinajstić information content (AvgIpc) is 3.12. The van der Waals surface area contributed by atoms with Gasteiger partial charge in [-0.1, -0.05) is 18.2 Å². The van der Waals surface area contributed by atoms with E-state index >= 15 is 0 Å². The molecule has 0 radical (unpaired) electrons. The molecular weight excluding hydrogens is 248 g/mol. The summed E-state index contributed by atoms with van der Waals surface area (Å²) in [5.41, 5.74) is 4.44. The predicted octanol–water partition coefficient (Wildman–Crippen LogP) is 2.64. The minimum Gasteiger partial charge on any atom is -0.317 e. The van der Waals surface area contributed by atoms with Gasteiger partial charge >= 0.3 is 0 Å². The minimum atomic E-state index is 0.336. The Morgan fingerprint density at radius 1 is 1.30 bits per heavy atom. The molecular formula is C16H22N4. The molecule has 1 N–H and O–H groups in total. The van der Waals surface area contributed by atoms with Crippen LogP contribution in [0.15, 0.2) is 24.5 Å². The highest BCUT2D eigenvalue weighted by Crippen LogP contribution is 2.25. The molecule has 0 bridgehead atoms. The number of nitrogens with zero attached hydrogens (tertiary/aromatic N) is 3. The first-order valence-electron chi connectivity index (χ1n) is 7.49. The summed E-state index contributed by atoms with van der Waals surface area (Å²) in [7, 11) is 0. The molecule has 2 aromatic rings. The molecule has 0 spiro atoms. The Labute approximate surface area is 120 Å². The average molecular weight is 270 g/mol. The lowest BCUT2D eigenvalue weighted by Crippen LogP contribution is -2.20. The monoisotopic (exact) mass is 270 g/mol. The van der Waals surface area contributed by atoms with E-state index in [1.165, 1.54) is 36.0 Å². The number of aromatic nitrogens is 3. The third-order valence-electron chi connectivity index (χ3n) is 4.23. The maximum atomic E-state index is 4.16. The van der Waals surface area contributed by atoms with Crippen molar-refractivity contribution in [3.63, 3.8) is 0 Å². The lowest BCUT2D eigenvalue weighted by atomic mass is 10.0. The Bertz CT molecular complexity index is 588. The highest BCUT2D eigenvalue weighted by Gasteiger charge is 2.13. The second-order valence-corrected chi connectivity index (χ2v) is 5.52. The van der Waals surface area contributed by atoms with Gasteiger partial charge in [-0.25, -0.2) is 0 Å². The Hall–Kier alpha value is -1.68. The first-order chi connectivity index (χ1) is 9.78. The number of fused-ring (bicyclic) bond motifs is 1. The number of hydrogen-bond acceptors (Lipinski definition) is 3. The molecule has 0 saturated heterocycles. The van der Waals surface area contributed by atoms with Crippen molar-refractivity contribution in [3.8, 4) is 0 Å². The molecule has 0 saturated carbocycles. The van der Waals surface area contributed by atoms with E-state index < -0.39 is 0 Å². The quantitative estimate of drug-likeness (QED) is 0.908. The molecule has 20 heavy (non-hydrogen) atoms. The molecule has 3 rings (SSSR count). The van der Waals surface area contributed by atoms with Crippen molar-refractivity contribution in [3.05, 3.63) is 47.0 Å². The Kier molecular flexibility index (Phi) is 3.83. The van der Waals surface area contributed by atoms with Crippen LogP contribution < -0.4 is 5.32 Å². The highest BCUT2D eigenvalue weighted by atomic mass is 15.3. The van der Waals surface area contributed by atoms with Gasteiger partial charge in [-0.15, -0.1) is 10.2 Å². The molecule has 1 aromatic carbocycles. The number of rotatable bonds is 5. The number of hydrogen-bond donors (Lipinski definition) is 1. The van der Waals surface area contributed by atoms with Crippen LogP contribution >= 0.6 is 0 Å². The van der Waals surface area contributed by atoms with Crippen molar-refractivity contribution in [1.29, 1.82) is 0 Å². The van der Waals surface area contributed by atoms with Gasteiger partial charge in [0.25, 0.3) is 0 Å². The van der Waals surface area contributed by atoms with Crippen LogP contribution in [0.5, 0.6) is 0 Å². The fraction of sp³-hybridized carbons (Fsp3) is 0.500. The summed E-state index contributed by atoms with van der Waals surface area (Å²) in [6.45, 7) is 5.99. The van der Waals surface area contributed by atoms with Gasteiger partial charge in [0.05, 0.1) is 6.54 Å². The minimum absolute atomic E-state index is 0.336. The Morgan fingerprint density at radius 2 is 2.15 bits per heavy atom. The highest BCUT2D eigenvalue weighted by molar-refractivity contribution is 5.36. The van der Waals surface area contributed by atoms with Gasteiger partial charge in [0, 0.05) is 12.6 Å². The molecule has 1 aliphatic carbocycles. The summed E-state index contributed by atoms with van der Waals surface area (Å²) >= 11 is 0. The van der Waals surface area contributed by atoms with E-state index in [9.17, 15) is 0 Å². The molecule has 106 valence electrons. The summed E-state index contributed by atoms with van der Waals surface area (Å²) in [6, 6.07) is 7.25. The van der Waals surface area contributed by atoms with E-state index in [2.05, 4.69) is 52.1 Å². The van der Waals surface area contributed by atoms with Crippen molar-refractivity contribution in [1.82, 2.24) is 20.1 Å². The van der Waals surface area contributed by atoms with Gasteiger partial charge in [-0.2, -0.15) is 0 Å². The molecule has 0 fully saturated rings. The smallest absolute Gasteiger partial charge is 0.146 e. The van der Waals surface area contributed by atoms with E-state index in [4.69, 9.17) is 0 Å². The predicted molar refractivity (Wildman–Crippen MR) is 79.4 cm³/mol. The van der Waals surface area contributed by atoms with E-state index in [-0.39, 0.29) is 0 Å². The van der Waals surface area contributed by atoms with E-state index in [0.717, 1.165) is 18.9 Å². The van der Waals surface area contributed by atoms with Gasteiger partial charge in [-0.3, -0.25) is 0 Å². The summed E-state index contributed by atoms with van der Waals surface area (Å²) in [6.07, 6.45) is 5.58. The molecule has 1 unspecified atom stereocenters. The van der Waals surface area contributed by atoms with Crippen molar-refractivity contribution in [2.24, 2.45) is 0 Å². The van der Waals surface area contributed by atoms with E-state index in [0.29, 0.717) is 6.04 Å². The molecule has 1 atom stereocenters. The number of aryl methyl sites for hydroxylation is 3. The second-order valence-electron chi connectivity index (χ2n) is 5.52. The van der Waals surface area contributed by atoms with Crippen molar-refractivity contribution in [2.75, 3.05) is 0 Å². The van der Waals surface area contributed by atoms with Crippen LogP contribution in [0.4, 0.5) is 0 Å². The van der Waals surface area contributed by atoms with Crippen LogP contribution in [0.25, 0.3) is 0 Å². The van der Waals surface area contributed by atoms with Crippen molar-refractivity contribution >= 4 is 0 Å². The van der Waals surface area contributed by atoms with Crippen LogP contribution in [0.3, 0.4) is 0 Å². The topological polar surface area (TPSA) is 42.7 Å². The molecule has 0 amide bonds. The van der Waals surface area contributed by atoms with Crippen LogP contribution in [-0.4, -0.2) is 14.8 Å². The van der Waals surface area contributed by atoms with Crippen LogP contribution in [0.1, 0.15) is 48.8 Å². The Morgan fingerprint density at radius 3 is 3.00 bits per heavy atom. The van der Waals surface area contributed by atoms with Gasteiger partial charge in [0.2, 0.25) is 0 Å². The first kappa shape index (κ1) is 13.3. The Balaban J connectivity index is 1.66. The van der Waals surface area contributed by atoms with Crippen molar-refractivity contribution in [2.45, 2.75) is 52.2 Å². The molecule has 4 nitrogen and oxygen atoms in total. The summed E-state index contributed by atoms with van der Waals surface area (Å²) in [5, 5.41) is 11.7. The van der Waals surface area contributed by atoms with Crippen LogP contribution in [0.2, 0.25) is 0 Å². The lowest BCUT2D eigenvalue weighted by Gasteiger charge is -2.15. The second kappa shape index (κ2) is 5.75. The number of nitrogens with one attached hydrogen (secondary N) is 1. The zero-order valence-corrected chi connectivity index (χ0v) is 12.3. The van der Waals surface area contributed by atoms with Gasteiger partial charge < -0.3 is 9.88 Å². The summed E-state index contributed by atoms with van der Waals surface area (Å²) in [5.74, 6) is 1.00.